The smallest absolute Gasteiger partial charge is 0.269 e. The number of ether oxygens (including phenoxy) is 1. The van der Waals surface area contributed by atoms with Gasteiger partial charge in [0.25, 0.3) is 5.56 Å². The van der Waals surface area contributed by atoms with Crippen LogP contribution in [-0.4, -0.2) is 42.9 Å². The molecule has 0 spiro atoms. The Bertz CT molecular complexity index is 484. The summed E-state index contributed by atoms with van der Waals surface area (Å²) in [5.74, 6) is -0.00455. The fourth-order valence-corrected chi connectivity index (χ4v) is 1.70. The number of aromatic nitrogens is 2. The number of methoxy groups -OCH3 is 1. The third-order valence-electron chi connectivity index (χ3n) is 3.06. The zero-order valence-electron chi connectivity index (χ0n) is 11.9. The van der Waals surface area contributed by atoms with Gasteiger partial charge in [0, 0.05) is 33.2 Å². The minimum Gasteiger partial charge on any atom is -0.383 e. The van der Waals surface area contributed by atoms with E-state index < -0.39 is 6.04 Å². The fourth-order valence-electron chi connectivity index (χ4n) is 1.70. The molecule has 0 fully saturated rings. The molecule has 6 nitrogen and oxygen atoms in total. The fraction of sp³-hybridized carbons (Fsp3) is 0.615. The highest BCUT2D eigenvalue weighted by Gasteiger charge is 2.15. The molecule has 1 unspecified atom stereocenters. The van der Waals surface area contributed by atoms with Gasteiger partial charge in [-0.25, -0.2) is 4.68 Å². The first-order chi connectivity index (χ1) is 9.01. The molecule has 1 aromatic rings. The maximum absolute atomic E-state index is 12.0. The number of hydrogen-bond acceptors (Lipinski definition) is 5. The van der Waals surface area contributed by atoms with Crippen LogP contribution >= 0.6 is 0 Å². The number of carbonyl (C=O) groups is 1. The largest absolute Gasteiger partial charge is 0.383 e. The van der Waals surface area contributed by atoms with Crippen LogP contribution in [0, 0.1) is 0 Å². The lowest BCUT2D eigenvalue weighted by atomic mass is 10.2. The average Bonchev–Trinajstić information content (AvgIpc) is 2.42. The van der Waals surface area contributed by atoms with Crippen LogP contribution in [0.3, 0.4) is 0 Å². The summed E-state index contributed by atoms with van der Waals surface area (Å²) in [6.07, 6.45) is 1.99. The van der Waals surface area contributed by atoms with E-state index in [-0.39, 0.29) is 11.3 Å². The van der Waals surface area contributed by atoms with Crippen molar-refractivity contribution in [3.8, 4) is 0 Å². The molecule has 0 N–H and O–H groups in total. The summed E-state index contributed by atoms with van der Waals surface area (Å²) in [6.45, 7) is 4.71. The molecule has 0 saturated carbocycles. The highest BCUT2D eigenvalue weighted by atomic mass is 16.5. The molecule has 19 heavy (non-hydrogen) atoms. The first-order valence-corrected chi connectivity index (χ1v) is 6.32. The Morgan fingerprint density at radius 1 is 1.58 bits per heavy atom. The minimum atomic E-state index is -0.518. The van der Waals surface area contributed by atoms with Crippen LogP contribution in [-0.2, 0) is 9.53 Å². The Labute approximate surface area is 113 Å². The van der Waals surface area contributed by atoms with Crippen LogP contribution in [0.4, 0.5) is 5.69 Å². The predicted molar refractivity (Wildman–Crippen MR) is 73.7 cm³/mol. The molecule has 0 aliphatic rings. The van der Waals surface area contributed by atoms with Crippen LogP contribution in [0.2, 0.25) is 0 Å². The number of anilines is 1. The second-order valence-corrected chi connectivity index (χ2v) is 4.41. The van der Waals surface area contributed by atoms with Crippen LogP contribution in [0.25, 0.3) is 0 Å². The predicted octanol–water partition coefficient (Wildman–Crippen LogP) is 0.866. The molecule has 0 aromatic carbocycles. The molecule has 1 heterocycles. The number of hydrogen-bond donors (Lipinski definition) is 0. The lowest BCUT2D eigenvalue weighted by Gasteiger charge is -2.19. The van der Waals surface area contributed by atoms with E-state index in [0.717, 1.165) is 5.69 Å². The van der Waals surface area contributed by atoms with Crippen molar-refractivity contribution in [3.05, 3.63) is 22.6 Å². The van der Waals surface area contributed by atoms with Gasteiger partial charge in [0.15, 0.2) is 5.78 Å². The molecule has 106 valence electrons. The van der Waals surface area contributed by atoms with Gasteiger partial charge in [0.2, 0.25) is 0 Å². The maximum Gasteiger partial charge on any atom is 0.269 e. The van der Waals surface area contributed by atoms with Gasteiger partial charge in [-0.05, 0) is 6.92 Å². The third kappa shape index (κ3) is 3.89. The molecule has 0 amide bonds. The second kappa shape index (κ2) is 7.04. The van der Waals surface area contributed by atoms with E-state index >= 15 is 0 Å². The second-order valence-electron chi connectivity index (χ2n) is 4.41. The molecular weight excluding hydrogens is 246 g/mol. The van der Waals surface area contributed by atoms with Crippen molar-refractivity contribution < 1.29 is 9.53 Å². The van der Waals surface area contributed by atoms with Gasteiger partial charge in [-0.2, -0.15) is 5.10 Å². The van der Waals surface area contributed by atoms with Crippen molar-refractivity contribution in [1.29, 1.82) is 0 Å². The summed E-state index contributed by atoms with van der Waals surface area (Å²) >= 11 is 0. The standard InChI is InChI=1S/C13H21N3O3/c1-5-12(17)10(2)16-13(18)8-11(9-14-16)15(3)6-7-19-4/h8-10H,5-7H2,1-4H3. The summed E-state index contributed by atoms with van der Waals surface area (Å²) in [4.78, 5) is 25.5. The zero-order chi connectivity index (χ0) is 14.4. The number of nitrogens with zero attached hydrogens (tertiary/aromatic N) is 3. The van der Waals surface area contributed by atoms with Crippen molar-refractivity contribution >= 4 is 11.5 Å². The minimum absolute atomic E-state index is 0.00455. The Kier molecular flexibility index (Phi) is 5.69. The summed E-state index contributed by atoms with van der Waals surface area (Å²) in [5.41, 5.74) is 0.450. The number of ketones is 1. The van der Waals surface area contributed by atoms with Crippen LogP contribution < -0.4 is 10.5 Å². The first kappa shape index (κ1) is 15.4. The highest BCUT2D eigenvalue weighted by Crippen LogP contribution is 2.09. The van der Waals surface area contributed by atoms with Gasteiger partial charge < -0.3 is 9.64 Å². The monoisotopic (exact) mass is 267 g/mol. The number of rotatable bonds is 7. The van der Waals surface area contributed by atoms with E-state index in [0.29, 0.717) is 19.6 Å². The van der Waals surface area contributed by atoms with Crippen molar-refractivity contribution in [2.24, 2.45) is 0 Å². The summed E-state index contributed by atoms with van der Waals surface area (Å²) in [6, 6.07) is 0.970. The van der Waals surface area contributed by atoms with Gasteiger partial charge >= 0.3 is 0 Å². The number of likely N-dealkylation sites (N-methyl/N-ethyl adjacent to an activating group) is 1. The van der Waals surface area contributed by atoms with Crippen molar-refractivity contribution in [1.82, 2.24) is 9.78 Å². The molecule has 1 atom stereocenters. The first-order valence-electron chi connectivity index (χ1n) is 6.32. The van der Waals surface area contributed by atoms with Gasteiger partial charge in [-0.1, -0.05) is 6.92 Å². The molecule has 0 bridgehead atoms. The molecule has 6 heteroatoms. The summed E-state index contributed by atoms with van der Waals surface area (Å²) < 4.78 is 6.20. The van der Waals surface area contributed by atoms with Crippen LogP contribution in [0.5, 0.6) is 0 Å². The quantitative estimate of drug-likeness (QED) is 0.733. The molecule has 1 rings (SSSR count). The highest BCUT2D eigenvalue weighted by molar-refractivity contribution is 5.81. The van der Waals surface area contributed by atoms with Gasteiger partial charge in [0.05, 0.1) is 18.5 Å². The summed E-state index contributed by atoms with van der Waals surface area (Å²) in [5, 5.41) is 4.08. The Balaban J connectivity index is 2.91. The molecule has 0 aliphatic carbocycles. The number of carbonyl (C=O) groups excluding carboxylic acids is 1. The van der Waals surface area contributed by atoms with Gasteiger partial charge in [0.1, 0.15) is 6.04 Å². The third-order valence-corrected chi connectivity index (χ3v) is 3.06. The van der Waals surface area contributed by atoms with E-state index in [1.165, 1.54) is 10.7 Å². The molecule has 0 saturated heterocycles. The SMILES string of the molecule is CCC(=O)C(C)n1ncc(N(C)CCOC)cc1=O. The van der Waals surface area contributed by atoms with Crippen LogP contribution in [0.15, 0.2) is 17.1 Å². The van der Waals surface area contributed by atoms with E-state index in [2.05, 4.69) is 5.10 Å². The van der Waals surface area contributed by atoms with E-state index in [9.17, 15) is 9.59 Å². The van der Waals surface area contributed by atoms with Gasteiger partial charge in [-0.3, -0.25) is 9.59 Å². The van der Waals surface area contributed by atoms with Crippen molar-refractivity contribution in [2.45, 2.75) is 26.3 Å². The summed E-state index contributed by atoms with van der Waals surface area (Å²) in [7, 11) is 3.49. The molecular formula is C13H21N3O3. The van der Waals surface area contributed by atoms with E-state index in [1.54, 1.807) is 27.2 Å². The lowest BCUT2D eigenvalue weighted by Crippen LogP contribution is -2.31. The molecule has 0 aliphatic heterocycles. The normalized spacial score (nSPS) is 12.2. The Morgan fingerprint density at radius 2 is 2.26 bits per heavy atom. The van der Waals surface area contributed by atoms with Crippen LogP contribution in [0.1, 0.15) is 26.3 Å². The topological polar surface area (TPSA) is 64.4 Å². The zero-order valence-corrected chi connectivity index (χ0v) is 11.9. The number of Topliss-reactive ketones (excluding diaryl/α,β-unsaturated/α-hetero) is 1. The Morgan fingerprint density at radius 3 is 2.79 bits per heavy atom. The van der Waals surface area contributed by atoms with Crippen molar-refractivity contribution in [2.75, 3.05) is 32.2 Å². The van der Waals surface area contributed by atoms with E-state index in [4.69, 9.17) is 4.74 Å². The maximum atomic E-state index is 12.0. The Hall–Kier alpha value is -1.69. The van der Waals surface area contributed by atoms with Crippen molar-refractivity contribution in [3.63, 3.8) is 0 Å². The average molecular weight is 267 g/mol. The molecule has 0 radical (unpaired) electrons. The van der Waals surface area contributed by atoms with E-state index in [1.807, 2.05) is 11.9 Å². The lowest BCUT2D eigenvalue weighted by molar-refractivity contribution is -0.121. The molecule has 1 aromatic heterocycles. The van der Waals surface area contributed by atoms with Gasteiger partial charge in [-0.15, -0.1) is 0 Å².